The Kier molecular flexibility index (Phi) is 12.9. The molecule has 0 spiro atoms. The van der Waals surface area contributed by atoms with Gasteiger partial charge in [-0.2, -0.15) is 30.7 Å². The van der Waals surface area contributed by atoms with E-state index in [-0.39, 0.29) is 17.9 Å². The molecule has 0 radical (unpaired) electrons. The second-order valence-corrected chi connectivity index (χ2v) is 11.5. The van der Waals surface area contributed by atoms with Gasteiger partial charge in [0.1, 0.15) is 11.8 Å². The van der Waals surface area contributed by atoms with Gasteiger partial charge in [0.05, 0.1) is 31.6 Å². The molecule has 1 unspecified atom stereocenters. The topological polar surface area (TPSA) is 106 Å². The van der Waals surface area contributed by atoms with E-state index in [9.17, 15) is 44.3 Å². The lowest BCUT2D eigenvalue weighted by molar-refractivity contribution is -0.514. The van der Waals surface area contributed by atoms with Crippen LogP contribution in [0.15, 0.2) is 42.5 Å². The Hall–Kier alpha value is -3.12. The van der Waals surface area contributed by atoms with Crippen LogP contribution in [0.25, 0.3) is 20.5 Å². The van der Waals surface area contributed by atoms with Crippen molar-refractivity contribution in [3.8, 4) is 16.2 Å². The van der Waals surface area contributed by atoms with Crippen LogP contribution < -0.4 is 16.2 Å². The van der Waals surface area contributed by atoms with E-state index in [2.05, 4.69) is 14.2 Å². The monoisotopic (exact) mass is 704 g/mol. The Balaban J connectivity index is 1.61. The predicted octanol–water partition coefficient (Wildman–Crippen LogP) is 8.08. The summed E-state index contributed by atoms with van der Waals surface area (Å²) in [5.41, 5.74) is 10.1. The zero-order valence-corrected chi connectivity index (χ0v) is 25.8. The summed E-state index contributed by atoms with van der Waals surface area (Å²) in [6.45, 7) is -0.435. The number of thiophene rings is 1. The highest BCUT2D eigenvalue weighted by Crippen LogP contribution is 2.43. The van der Waals surface area contributed by atoms with E-state index in [1.54, 1.807) is 12.1 Å². The van der Waals surface area contributed by atoms with Gasteiger partial charge in [-0.3, -0.25) is 4.79 Å². The van der Waals surface area contributed by atoms with Crippen LogP contribution in [-0.4, -0.2) is 50.3 Å². The second kappa shape index (κ2) is 15.9. The zero-order chi connectivity index (χ0) is 35.0. The molecule has 7 nitrogen and oxygen atoms in total. The number of carbonyl (C=O) groups excluding carboxylic acids is 1. The molecule has 2 aromatic carbocycles. The van der Waals surface area contributed by atoms with Gasteiger partial charge in [-0.15, -0.1) is 20.1 Å². The summed E-state index contributed by atoms with van der Waals surface area (Å²) in [6, 6.07) is 8.60. The van der Waals surface area contributed by atoms with Crippen molar-refractivity contribution in [3.05, 3.63) is 53.6 Å². The number of unbranched alkanes of at least 4 members (excludes halogenated alkanes) is 2. The number of benzene rings is 2. The molecule has 0 aliphatic carbocycles. The van der Waals surface area contributed by atoms with Gasteiger partial charge in [0.2, 0.25) is 0 Å². The van der Waals surface area contributed by atoms with Crippen molar-refractivity contribution in [1.29, 1.82) is 0 Å². The fraction of sp³-hybridized carbons (Fsp3) is 0.500. The molecule has 0 aliphatic heterocycles. The molecule has 0 fully saturated rings. The van der Waals surface area contributed by atoms with Crippen molar-refractivity contribution >= 4 is 27.4 Å². The highest BCUT2D eigenvalue weighted by molar-refractivity contribution is 7.22. The van der Waals surface area contributed by atoms with Gasteiger partial charge in [-0.05, 0) is 54.1 Å². The van der Waals surface area contributed by atoms with Crippen LogP contribution in [0.1, 0.15) is 50.2 Å². The summed E-state index contributed by atoms with van der Waals surface area (Å²) in [5.74, 6) is -1.20. The number of rotatable bonds is 18. The van der Waals surface area contributed by atoms with Gasteiger partial charge < -0.3 is 20.9 Å². The molecule has 0 bridgehead atoms. The van der Waals surface area contributed by atoms with E-state index < -0.39 is 68.3 Å². The first kappa shape index (κ1) is 38.3. The van der Waals surface area contributed by atoms with Crippen molar-refractivity contribution in [2.24, 2.45) is 11.5 Å². The van der Waals surface area contributed by atoms with Crippen molar-refractivity contribution in [3.63, 3.8) is 0 Å². The third-order valence-electron chi connectivity index (χ3n) is 6.61. The molecule has 0 saturated heterocycles. The number of fused-ring (bicyclic) bond motifs is 1. The van der Waals surface area contributed by atoms with Crippen LogP contribution in [0.5, 0.6) is 5.75 Å². The van der Waals surface area contributed by atoms with Gasteiger partial charge in [-0.25, -0.2) is 9.47 Å². The summed E-state index contributed by atoms with van der Waals surface area (Å²) in [6.07, 6.45) is -19.6. The van der Waals surface area contributed by atoms with Crippen LogP contribution in [0.3, 0.4) is 0 Å². The van der Waals surface area contributed by atoms with E-state index in [1.807, 2.05) is 6.92 Å². The van der Waals surface area contributed by atoms with E-state index in [0.717, 1.165) is 36.7 Å². The highest BCUT2D eigenvalue weighted by Gasteiger charge is 2.52. The van der Waals surface area contributed by atoms with Crippen molar-refractivity contribution < 1.29 is 63.3 Å². The number of nitrogens with two attached hydrogens (primary N) is 2. The maximum absolute atomic E-state index is 14.1. The molecule has 17 heteroatoms. The molecular formula is C30H33F9N2O5S. The molecule has 1 aromatic heterocycles. The standard InChI is InChI=1S/C30H33F9N2O5S/c1-2-3-4-5-18-6-9-21(22(14-18)29(35,36)37)25-15-19-7-8-20(16-24(19)47-25)43-12-10-27(31,32)45-30(38,39)46-28(33,34)11-13-44-26(42)23(41)17-40/h6-9,14-16,23H,2-5,10-13,17,40-41H2,1H3. The van der Waals surface area contributed by atoms with Gasteiger partial charge in [0.15, 0.2) is 0 Å². The molecule has 262 valence electrons. The van der Waals surface area contributed by atoms with Crippen molar-refractivity contribution in [2.45, 2.75) is 76.2 Å². The molecule has 1 atom stereocenters. The normalized spacial score (nSPS) is 13.6. The molecule has 0 amide bonds. The molecule has 3 rings (SSSR count). The van der Waals surface area contributed by atoms with Crippen LogP contribution in [0.4, 0.5) is 39.5 Å². The Morgan fingerprint density at radius 3 is 2.15 bits per heavy atom. The van der Waals surface area contributed by atoms with Gasteiger partial charge >= 0.3 is 30.7 Å². The third-order valence-corrected chi connectivity index (χ3v) is 7.74. The Morgan fingerprint density at radius 1 is 0.872 bits per heavy atom. The van der Waals surface area contributed by atoms with Gasteiger partial charge in [0.25, 0.3) is 0 Å². The lowest BCUT2D eigenvalue weighted by atomic mass is 9.98. The largest absolute Gasteiger partial charge is 0.494 e. The molecule has 1 heterocycles. The first-order valence-corrected chi connectivity index (χ1v) is 15.2. The minimum absolute atomic E-state index is 0.0116. The second-order valence-electron chi connectivity index (χ2n) is 10.4. The lowest BCUT2D eigenvalue weighted by Gasteiger charge is -2.26. The average molecular weight is 705 g/mol. The van der Waals surface area contributed by atoms with Crippen LogP contribution in [0, 0.1) is 0 Å². The number of carbonyl (C=O) groups is 1. The van der Waals surface area contributed by atoms with Gasteiger partial charge in [-0.1, -0.05) is 31.9 Å². The quantitative estimate of drug-likeness (QED) is 0.0597. The number of esters is 1. The summed E-state index contributed by atoms with van der Waals surface area (Å²) < 4.78 is 141. The molecule has 0 aliphatic rings. The third kappa shape index (κ3) is 11.8. The highest BCUT2D eigenvalue weighted by atomic mass is 32.1. The Morgan fingerprint density at radius 2 is 1.53 bits per heavy atom. The first-order chi connectivity index (χ1) is 21.8. The number of alkyl halides is 9. The number of ether oxygens (including phenoxy) is 4. The molecule has 47 heavy (non-hydrogen) atoms. The molecular weight excluding hydrogens is 671 g/mol. The Labute approximate surface area is 267 Å². The van der Waals surface area contributed by atoms with Gasteiger partial charge in [0, 0.05) is 21.7 Å². The van der Waals surface area contributed by atoms with Crippen molar-refractivity contribution in [1.82, 2.24) is 0 Å². The van der Waals surface area contributed by atoms with E-state index in [1.165, 1.54) is 24.3 Å². The van der Waals surface area contributed by atoms with Crippen molar-refractivity contribution in [2.75, 3.05) is 19.8 Å². The summed E-state index contributed by atoms with van der Waals surface area (Å²) in [5, 5.41) is 0.542. The maximum atomic E-state index is 14.1. The minimum atomic E-state index is -5.46. The van der Waals surface area contributed by atoms with E-state index >= 15 is 0 Å². The summed E-state index contributed by atoms with van der Waals surface area (Å²) >= 11 is 1.00. The number of hydrogen-bond donors (Lipinski definition) is 2. The van der Waals surface area contributed by atoms with Crippen LogP contribution in [-0.2, 0) is 31.6 Å². The number of aryl methyl sites for hydroxylation is 1. The first-order valence-electron chi connectivity index (χ1n) is 14.4. The molecule has 3 aromatic rings. The SMILES string of the molecule is CCCCCc1ccc(-c2cc3ccc(OCCC(F)(F)OC(F)(F)OC(F)(F)CCOC(=O)C(N)CN)cc3s2)c(C(F)(F)F)c1. The van der Waals surface area contributed by atoms with Crippen LogP contribution in [0.2, 0.25) is 0 Å². The summed E-state index contributed by atoms with van der Waals surface area (Å²) in [7, 11) is 0. The number of halogens is 9. The lowest BCUT2D eigenvalue weighted by Crippen LogP contribution is -2.42. The zero-order valence-electron chi connectivity index (χ0n) is 25.0. The smallest absolute Gasteiger partial charge is 0.493 e. The van der Waals surface area contributed by atoms with Crippen LogP contribution >= 0.6 is 11.3 Å². The predicted molar refractivity (Wildman–Crippen MR) is 155 cm³/mol. The molecule has 4 N–H and O–H groups in total. The minimum Gasteiger partial charge on any atom is -0.493 e. The number of hydrogen-bond acceptors (Lipinski definition) is 8. The van der Waals surface area contributed by atoms with E-state index in [4.69, 9.17) is 16.2 Å². The maximum Gasteiger partial charge on any atom is 0.494 e. The Bertz CT molecular complexity index is 1480. The summed E-state index contributed by atoms with van der Waals surface area (Å²) in [4.78, 5) is 11.6. The fourth-order valence-electron chi connectivity index (χ4n) is 4.24. The fourth-order valence-corrected chi connectivity index (χ4v) is 5.37. The average Bonchev–Trinajstić information content (AvgIpc) is 3.38. The van der Waals surface area contributed by atoms with E-state index in [0.29, 0.717) is 26.9 Å². The molecule has 0 saturated carbocycles.